The molecule has 0 aliphatic rings. The quantitative estimate of drug-likeness (QED) is 0.857. The summed E-state index contributed by atoms with van der Waals surface area (Å²) in [5.41, 5.74) is 9.33. The third-order valence-corrected chi connectivity index (χ3v) is 4.05. The van der Waals surface area contributed by atoms with Gasteiger partial charge in [-0.25, -0.2) is 4.98 Å². The number of hydrogen-bond acceptors (Lipinski definition) is 3. The van der Waals surface area contributed by atoms with E-state index >= 15 is 0 Å². The Bertz CT molecular complexity index is 579. The Morgan fingerprint density at radius 2 is 2.06 bits per heavy atom. The van der Waals surface area contributed by atoms with Crippen LogP contribution in [0.15, 0.2) is 28.9 Å². The Morgan fingerprint density at radius 1 is 1.33 bits per heavy atom. The molecule has 0 saturated carbocycles. The Labute approximate surface area is 119 Å². The molecule has 5 heteroatoms. The molecule has 0 radical (unpaired) electrons. The second-order valence-electron chi connectivity index (χ2n) is 4.06. The van der Waals surface area contributed by atoms with Crippen molar-refractivity contribution in [2.45, 2.75) is 13.8 Å². The minimum Gasteiger partial charge on any atom is -0.397 e. The van der Waals surface area contributed by atoms with Crippen molar-refractivity contribution in [3.05, 3.63) is 45.0 Å². The van der Waals surface area contributed by atoms with E-state index in [1.165, 1.54) is 0 Å². The SMILES string of the molecule is Cc1cccc(Cl)c1Nc1ncc(N)c(C)c1Br. The van der Waals surface area contributed by atoms with Gasteiger partial charge in [0.2, 0.25) is 0 Å². The number of rotatable bonds is 2. The number of benzene rings is 1. The first-order valence-corrected chi connectivity index (χ1v) is 6.60. The number of halogens is 2. The molecule has 0 saturated heterocycles. The maximum Gasteiger partial charge on any atom is 0.145 e. The predicted octanol–water partition coefficient (Wildman–Crippen LogP) is 4.44. The maximum atomic E-state index is 6.17. The average molecular weight is 327 g/mol. The molecule has 0 bridgehead atoms. The fraction of sp³-hybridized carbons (Fsp3) is 0.154. The lowest BCUT2D eigenvalue weighted by Crippen LogP contribution is -2.01. The third kappa shape index (κ3) is 2.44. The van der Waals surface area contributed by atoms with E-state index in [0.717, 1.165) is 21.3 Å². The van der Waals surface area contributed by atoms with E-state index in [9.17, 15) is 0 Å². The fourth-order valence-electron chi connectivity index (χ4n) is 1.59. The van der Waals surface area contributed by atoms with Crippen LogP contribution in [0.5, 0.6) is 0 Å². The van der Waals surface area contributed by atoms with Crippen LogP contribution in [0, 0.1) is 13.8 Å². The molecule has 3 nitrogen and oxygen atoms in total. The molecule has 2 aromatic rings. The summed E-state index contributed by atoms with van der Waals surface area (Å²) in [6.07, 6.45) is 1.63. The van der Waals surface area contributed by atoms with Gasteiger partial charge in [0, 0.05) is 0 Å². The summed E-state index contributed by atoms with van der Waals surface area (Å²) in [5.74, 6) is 0.706. The van der Waals surface area contributed by atoms with Crippen LogP contribution in [0.4, 0.5) is 17.2 Å². The topological polar surface area (TPSA) is 50.9 Å². The highest BCUT2D eigenvalue weighted by Crippen LogP contribution is 2.33. The van der Waals surface area contributed by atoms with Crippen LogP contribution in [-0.2, 0) is 0 Å². The average Bonchev–Trinajstić information content (AvgIpc) is 2.34. The van der Waals surface area contributed by atoms with Gasteiger partial charge >= 0.3 is 0 Å². The van der Waals surface area contributed by atoms with Gasteiger partial charge in [-0.05, 0) is 47.0 Å². The number of nitrogen functional groups attached to an aromatic ring is 1. The van der Waals surface area contributed by atoms with Crippen molar-refractivity contribution in [3.63, 3.8) is 0 Å². The van der Waals surface area contributed by atoms with Gasteiger partial charge in [0.1, 0.15) is 5.82 Å². The van der Waals surface area contributed by atoms with Gasteiger partial charge in [-0.15, -0.1) is 0 Å². The van der Waals surface area contributed by atoms with E-state index in [-0.39, 0.29) is 0 Å². The maximum absolute atomic E-state index is 6.17. The highest BCUT2D eigenvalue weighted by atomic mass is 79.9. The highest BCUT2D eigenvalue weighted by Gasteiger charge is 2.10. The van der Waals surface area contributed by atoms with Crippen molar-refractivity contribution in [2.75, 3.05) is 11.1 Å². The molecule has 0 aliphatic heterocycles. The first-order chi connectivity index (χ1) is 8.50. The summed E-state index contributed by atoms with van der Waals surface area (Å²) in [5, 5.41) is 3.90. The number of aryl methyl sites for hydroxylation is 1. The number of nitrogens with two attached hydrogens (primary N) is 1. The monoisotopic (exact) mass is 325 g/mol. The molecule has 1 aromatic carbocycles. The fourth-order valence-corrected chi connectivity index (χ4v) is 2.29. The van der Waals surface area contributed by atoms with Gasteiger partial charge in [0.25, 0.3) is 0 Å². The molecular formula is C13H13BrClN3. The van der Waals surface area contributed by atoms with Crippen molar-refractivity contribution in [2.24, 2.45) is 0 Å². The van der Waals surface area contributed by atoms with E-state index < -0.39 is 0 Å². The van der Waals surface area contributed by atoms with E-state index in [4.69, 9.17) is 17.3 Å². The zero-order valence-corrected chi connectivity index (χ0v) is 12.4. The number of anilines is 3. The number of aromatic nitrogens is 1. The molecule has 0 unspecified atom stereocenters. The van der Waals surface area contributed by atoms with E-state index in [1.54, 1.807) is 6.20 Å². The Balaban J connectivity index is 2.44. The summed E-state index contributed by atoms with van der Waals surface area (Å²) in [7, 11) is 0. The summed E-state index contributed by atoms with van der Waals surface area (Å²) in [6.45, 7) is 3.93. The van der Waals surface area contributed by atoms with Crippen molar-refractivity contribution in [1.29, 1.82) is 0 Å². The molecule has 1 aromatic heterocycles. The molecule has 18 heavy (non-hydrogen) atoms. The molecular weight excluding hydrogens is 314 g/mol. The summed E-state index contributed by atoms with van der Waals surface area (Å²) in [6, 6.07) is 5.75. The number of nitrogens with zero attached hydrogens (tertiary/aromatic N) is 1. The van der Waals surface area contributed by atoms with Crippen LogP contribution in [0.1, 0.15) is 11.1 Å². The van der Waals surface area contributed by atoms with Gasteiger partial charge in [-0.2, -0.15) is 0 Å². The van der Waals surface area contributed by atoms with Gasteiger partial charge < -0.3 is 11.1 Å². The van der Waals surface area contributed by atoms with Gasteiger partial charge in [-0.3, -0.25) is 0 Å². The van der Waals surface area contributed by atoms with E-state index in [1.807, 2.05) is 32.0 Å². The lowest BCUT2D eigenvalue weighted by molar-refractivity contribution is 1.25. The highest BCUT2D eigenvalue weighted by molar-refractivity contribution is 9.10. The van der Waals surface area contributed by atoms with Crippen molar-refractivity contribution >= 4 is 44.7 Å². The molecule has 0 atom stereocenters. The number of nitrogens with one attached hydrogen (secondary N) is 1. The summed E-state index contributed by atoms with van der Waals surface area (Å²) < 4.78 is 0.849. The predicted molar refractivity (Wildman–Crippen MR) is 80.6 cm³/mol. The van der Waals surface area contributed by atoms with Crippen LogP contribution in [0.2, 0.25) is 5.02 Å². The number of pyridine rings is 1. The lowest BCUT2D eigenvalue weighted by Gasteiger charge is -2.13. The number of hydrogen-bond donors (Lipinski definition) is 2. The Kier molecular flexibility index (Phi) is 3.78. The zero-order chi connectivity index (χ0) is 13.3. The molecule has 3 N–H and O–H groups in total. The molecule has 94 valence electrons. The molecule has 0 fully saturated rings. The first kappa shape index (κ1) is 13.2. The largest absolute Gasteiger partial charge is 0.397 e. The van der Waals surface area contributed by atoms with E-state index in [2.05, 4.69) is 26.2 Å². The smallest absolute Gasteiger partial charge is 0.145 e. The first-order valence-electron chi connectivity index (χ1n) is 5.43. The normalized spacial score (nSPS) is 10.4. The van der Waals surface area contributed by atoms with Crippen LogP contribution < -0.4 is 11.1 Å². The van der Waals surface area contributed by atoms with Crippen molar-refractivity contribution in [3.8, 4) is 0 Å². The molecule has 0 spiro atoms. The van der Waals surface area contributed by atoms with Crippen LogP contribution in [-0.4, -0.2) is 4.98 Å². The van der Waals surface area contributed by atoms with Gasteiger partial charge in [0.05, 0.1) is 27.1 Å². The zero-order valence-electron chi connectivity index (χ0n) is 10.1. The Hall–Kier alpha value is -1.26. The standard InChI is InChI=1S/C13H13BrClN3/c1-7-4-3-5-9(15)12(7)18-13-11(14)8(2)10(16)6-17-13/h3-6H,16H2,1-2H3,(H,17,18). The van der Waals surface area contributed by atoms with Gasteiger partial charge in [-0.1, -0.05) is 23.7 Å². The van der Waals surface area contributed by atoms with Crippen molar-refractivity contribution < 1.29 is 0 Å². The second kappa shape index (κ2) is 5.16. The molecule has 0 aliphatic carbocycles. The van der Waals surface area contributed by atoms with Crippen LogP contribution in [0.25, 0.3) is 0 Å². The number of para-hydroxylation sites is 1. The molecule has 2 rings (SSSR count). The lowest BCUT2D eigenvalue weighted by atomic mass is 10.2. The second-order valence-corrected chi connectivity index (χ2v) is 5.26. The van der Waals surface area contributed by atoms with Crippen molar-refractivity contribution in [1.82, 2.24) is 4.98 Å². The third-order valence-electron chi connectivity index (χ3n) is 2.77. The van der Waals surface area contributed by atoms with Crippen LogP contribution in [0.3, 0.4) is 0 Å². The van der Waals surface area contributed by atoms with E-state index in [0.29, 0.717) is 16.5 Å². The molecule has 0 amide bonds. The Morgan fingerprint density at radius 3 is 2.72 bits per heavy atom. The van der Waals surface area contributed by atoms with Gasteiger partial charge in [0.15, 0.2) is 0 Å². The minimum absolute atomic E-state index is 0.656. The minimum atomic E-state index is 0.656. The molecule has 1 heterocycles. The summed E-state index contributed by atoms with van der Waals surface area (Å²) >= 11 is 9.66. The summed E-state index contributed by atoms with van der Waals surface area (Å²) in [4.78, 5) is 4.27. The van der Waals surface area contributed by atoms with Crippen LogP contribution >= 0.6 is 27.5 Å².